The van der Waals surface area contributed by atoms with Gasteiger partial charge in [0.1, 0.15) is 5.41 Å². The van der Waals surface area contributed by atoms with Crippen LogP contribution in [0.5, 0.6) is 0 Å². The van der Waals surface area contributed by atoms with Crippen LogP contribution in [0.2, 0.25) is 0 Å². The Hall–Kier alpha value is -1.84. The van der Waals surface area contributed by atoms with E-state index in [1.807, 2.05) is 32.9 Å². The molecule has 0 saturated heterocycles. The Morgan fingerprint density at radius 2 is 1.67 bits per heavy atom. The van der Waals surface area contributed by atoms with Gasteiger partial charge >= 0.3 is 11.9 Å². The fourth-order valence-electron chi connectivity index (χ4n) is 3.06. The second-order valence-electron chi connectivity index (χ2n) is 5.15. The zero-order chi connectivity index (χ0) is 13.7. The van der Waals surface area contributed by atoms with E-state index in [-0.39, 0.29) is 6.42 Å². The lowest BCUT2D eigenvalue weighted by Crippen LogP contribution is -2.27. The van der Waals surface area contributed by atoms with Crippen LogP contribution in [0.25, 0.3) is 0 Å². The second kappa shape index (κ2) is 3.83. The first kappa shape index (κ1) is 12.6. The van der Waals surface area contributed by atoms with Gasteiger partial charge in [0.25, 0.3) is 0 Å². The van der Waals surface area contributed by atoms with E-state index in [2.05, 4.69) is 0 Å². The van der Waals surface area contributed by atoms with Gasteiger partial charge in [-0.15, -0.1) is 0 Å². The molecule has 2 N–H and O–H groups in total. The van der Waals surface area contributed by atoms with E-state index in [1.165, 1.54) is 0 Å². The maximum atomic E-state index is 11.5. The molecule has 2 unspecified atom stereocenters. The number of carboxylic acids is 2. The first-order valence-corrected chi connectivity index (χ1v) is 5.85. The molecule has 2 atom stereocenters. The van der Waals surface area contributed by atoms with Crippen LogP contribution >= 0.6 is 0 Å². The second-order valence-corrected chi connectivity index (χ2v) is 5.15. The molecular weight excluding hydrogens is 232 g/mol. The van der Waals surface area contributed by atoms with Crippen molar-refractivity contribution < 1.29 is 19.8 Å². The number of hydrogen-bond acceptors (Lipinski definition) is 2. The van der Waals surface area contributed by atoms with Crippen molar-refractivity contribution in [2.24, 2.45) is 5.92 Å². The predicted octanol–water partition coefficient (Wildman–Crippen LogP) is 2.04. The van der Waals surface area contributed by atoms with Crippen LogP contribution in [0.3, 0.4) is 0 Å². The fourth-order valence-corrected chi connectivity index (χ4v) is 3.06. The first-order valence-electron chi connectivity index (χ1n) is 5.85. The molecule has 1 aliphatic rings. The molecule has 0 spiro atoms. The molecule has 96 valence electrons. The van der Waals surface area contributed by atoms with Crippen molar-refractivity contribution in [3.63, 3.8) is 0 Å². The molecule has 1 saturated carbocycles. The Balaban J connectivity index is 2.60. The minimum Gasteiger partial charge on any atom is -0.481 e. The third kappa shape index (κ3) is 1.60. The zero-order valence-electron chi connectivity index (χ0n) is 10.7. The summed E-state index contributed by atoms with van der Waals surface area (Å²) in [6.45, 7) is 5.63. The van der Waals surface area contributed by atoms with Crippen molar-refractivity contribution in [2.75, 3.05) is 0 Å². The van der Waals surface area contributed by atoms with Crippen LogP contribution in [-0.2, 0) is 15.0 Å². The van der Waals surface area contributed by atoms with Crippen LogP contribution in [0, 0.1) is 26.7 Å². The Labute approximate surface area is 105 Å². The van der Waals surface area contributed by atoms with E-state index >= 15 is 0 Å². The topological polar surface area (TPSA) is 74.6 Å². The van der Waals surface area contributed by atoms with Crippen LogP contribution in [0.15, 0.2) is 12.1 Å². The monoisotopic (exact) mass is 248 g/mol. The van der Waals surface area contributed by atoms with Gasteiger partial charge in [-0.3, -0.25) is 9.59 Å². The summed E-state index contributed by atoms with van der Waals surface area (Å²) < 4.78 is 0. The predicted molar refractivity (Wildman–Crippen MR) is 65.7 cm³/mol. The lowest BCUT2D eigenvalue weighted by molar-refractivity contribution is -0.145. The molecule has 4 nitrogen and oxygen atoms in total. The molecule has 1 aliphatic carbocycles. The van der Waals surface area contributed by atoms with Gasteiger partial charge in [-0.2, -0.15) is 0 Å². The molecule has 0 aliphatic heterocycles. The highest BCUT2D eigenvalue weighted by molar-refractivity contribution is 5.95. The number of rotatable bonds is 3. The largest absolute Gasteiger partial charge is 0.481 e. The van der Waals surface area contributed by atoms with E-state index in [0.717, 1.165) is 16.7 Å². The van der Waals surface area contributed by atoms with Crippen molar-refractivity contribution >= 4 is 11.9 Å². The normalized spacial score (nSPS) is 25.8. The first-order chi connectivity index (χ1) is 8.30. The average molecular weight is 248 g/mol. The molecule has 4 heteroatoms. The van der Waals surface area contributed by atoms with Gasteiger partial charge in [-0.25, -0.2) is 0 Å². The van der Waals surface area contributed by atoms with Gasteiger partial charge in [0.15, 0.2) is 0 Å². The molecule has 0 bridgehead atoms. The van der Waals surface area contributed by atoms with Gasteiger partial charge in [-0.1, -0.05) is 17.7 Å². The molecule has 0 aromatic heterocycles. The molecule has 1 aromatic carbocycles. The highest BCUT2D eigenvalue weighted by atomic mass is 16.4. The Morgan fingerprint density at radius 3 is 2.00 bits per heavy atom. The summed E-state index contributed by atoms with van der Waals surface area (Å²) in [5.41, 5.74) is 2.22. The Morgan fingerprint density at radius 1 is 1.17 bits per heavy atom. The van der Waals surface area contributed by atoms with E-state index in [1.54, 1.807) is 0 Å². The summed E-state index contributed by atoms with van der Waals surface area (Å²) in [5.74, 6) is -2.88. The van der Waals surface area contributed by atoms with Crippen molar-refractivity contribution in [3.05, 3.63) is 34.4 Å². The quantitative estimate of drug-likeness (QED) is 0.858. The highest BCUT2D eigenvalue weighted by Crippen LogP contribution is 2.56. The number of benzene rings is 1. The molecule has 0 amide bonds. The fraction of sp³-hybridized carbons (Fsp3) is 0.429. The molecule has 0 radical (unpaired) electrons. The van der Waals surface area contributed by atoms with E-state index < -0.39 is 23.3 Å². The van der Waals surface area contributed by atoms with Crippen molar-refractivity contribution in [3.8, 4) is 0 Å². The summed E-state index contributed by atoms with van der Waals surface area (Å²) in [4.78, 5) is 22.6. The Kier molecular flexibility index (Phi) is 2.69. The highest BCUT2D eigenvalue weighted by Gasteiger charge is 2.66. The molecule has 0 heterocycles. The minimum atomic E-state index is -1.23. The van der Waals surface area contributed by atoms with E-state index in [0.29, 0.717) is 5.56 Å². The van der Waals surface area contributed by atoms with Crippen LogP contribution in [-0.4, -0.2) is 22.2 Å². The van der Waals surface area contributed by atoms with Gasteiger partial charge in [0.2, 0.25) is 0 Å². The van der Waals surface area contributed by atoms with Crippen LogP contribution < -0.4 is 0 Å². The third-order valence-corrected chi connectivity index (χ3v) is 3.76. The average Bonchev–Trinajstić information content (AvgIpc) is 2.92. The van der Waals surface area contributed by atoms with Crippen LogP contribution in [0.1, 0.15) is 28.7 Å². The van der Waals surface area contributed by atoms with Gasteiger partial charge in [0.05, 0.1) is 5.92 Å². The smallest absolute Gasteiger partial charge is 0.315 e. The lowest BCUT2D eigenvalue weighted by atomic mass is 9.85. The van der Waals surface area contributed by atoms with E-state index in [4.69, 9.17) is 5.11 Å². The summed E-state index contributed by atoms with van der Waals surface area (Å²) >= 11 is 0. The third-order valence-electron chi connectivity index (χ3n) is 3.76. The minimum absolute atomic E-state index is 0.183. The van der Waals surface area contributed by atoms with Crippen molar-refractivity contribution in [2.45, 2.75) is 32.6 Å². The lowest BCUT2D eigenvalue weighted by Gasteiger charge is -2.18. The maximum absolute atomic E-state index is 11.5. The molecule has 18 heavy (non-hydrogen) atoms. The summed E-state index contributed by atoms with van der Waals surface area (Å²) in [6.07, 6.45) is 0.183. The number of hydrogen-bond donors (Lipinski definition) is 2. The molecular formula is C14H16O4. The number of aliphatic carboxylic acids is 2. The van der Waals surface area contributed by atoms with Crippen molar-refractivity contribution in [1.82, 2.24) is 0 Å². The Bertz CT molecular complexity index is 524. The molecule has 1 fully saturated rings. The summed E-state index contributed by atoms with van der Waals surface area (Å²) in [7, 11) is 0. The molecule has 1 aromatic rings. The van der Waals surface area contributed by atoms with Gasteiger partial charge in [0, 0.05) is 0 Å². The van der Waals surface area contributed by atoms with Gasteiger partial charge < -0.3 is 10.2 Å². The SMILES string of the molecule is Cc1cc(C)c(C2(C(=O)O)CC2C(=O)O)c(C)c1. The van der Waals surface area contributed by atoms with Gasteiger partial charge in [-0.05, 0) is 43.9 Å². The van der Waals surface area contributed by atoms with Crippen molar-refractivity contribution in [1.29, 1.82) is 0 Å². The number of carboxylic acid groups (broad SMARTS) is 2. The van der Waals surface area contributed by atoms with E-state index in [9.17, 15) is 14.7 Å². The summed E-state index contributed by atoms with van der Waals surface area (Å²) in [6, 6.07) is 3.81. The standard InChI is InChI=1S/C14H16O4/c1-7-4-8(2)11(9(3)5-7)14(13(17)18)6-10(14)12(15)16/h4-5,10H,6H2,1-3H3,(H,15,16)(H,17,18). The maximum Gasteiger partial charge on any atom is 0.315 e. The number of carbonyl (C=O) groups is 2. The zero-order valence-corrected chi connectivity index (χ0v) is 10.7. The number of aryl methyl sites for hydroxylation is 3. The van der Waals surface area contributed by atoms with Crippen LogP contribution in [0.4, 0.5) is 0 Å². The summed E-state index contributed by atoms with van der Waals surface area (Å²) in [5, 5.41) is 18.5. The molecule has 2 rings (SSSR count).